The zero-order valence-corrected chi connectivity index (χ0v) is 13.4. The monoisotopic (exact) mass is 334 g/mol. The Hall–Kier alpha value is -3.48. The molecule has 0 bridgehead atoms. The topological polar surface area (TPSA) is 90.0 Å². The number of carbonyl (C=O) groups excluding carboxylic acids is 1. The van der Waals surface area contributed by atoms with Crippen molar-refractivity contribution in [2.24, 2.45) is 0 Å². The summed E-state index contributed by atoms with van der Waals surface area (Å²) in [6, 6.07) is 14.1. The standard InChI is InChI=1S/C18H14N4O3/c1-11-8-18(24)25-16-9-12(6-7-13(11)16)19-17(23)10-22-15-5-3-2-4-14(15)20-21-22/h2-9H,10H2,1H3,(H,19,23). The molecule has 1 N–H and O–H groups in total. The van der Waals surface area contributed by atoms with Gasteiger partial charge in [0.25, 0.3) is 0 Å². The lowest BCUT2D eigenvalue weighted by atomic mass is 10.1. The number of fused-ring (bicyclic) bond motifs is 2. The van der Waals surface area contributed by atoms with Gasteiger partial charge < -0.3 is 9.73 Å². The maximum Gasteiger partial charge on any atom is 0.336 e. The largest absolute Gasteiger partial charge is 0.423 e. The van der Waals surface area contributed by atoms with Gasteiger partial charge in [-0.3, -0.25) is 4.79 Å². The normalized spacial score (nSPS) is 11.1. The van der Waals surface area contributed by atoms with E-state index in [2.05, 4.69) is 15.6 Å². The quantitative estimate of drug-likeness (QED) is 0.581. The fourth-order valence-electron chi connectivity index (χ4n) is 2.77. The molecule has 4 rings (SSSR count). The van der Waals surface area contributed by atoms with Crippen LogP contribution in [0, 0.1) is 6.92 Å². The second-order valence-corrected chi connectivity index (χ2v) is 5.74. The van der Waals surface area contributed by atoms with Crippen molar-refractivity contribution >= 4 is 33.6 Å². The number of para-hydroxylation sites is 1. The van der Waals surface area contributed by atoms with Crippen LogP contribution in [0.3, 0.4) is 0 Å². The number of rotatable bonds is 3. The van der Waals surface area contributed by atoms with E-state index in [0.29, 0.717) is 11.3 Å². The number of hydrogen-bond donors (Lipinski definition) is 1. The van der Waals surface area contributed by atoms with Crippen LogP contribution in [-0.4, -0.2) is 20.9 Å². The van der Waals surface area contributed by atoms with Crippen LogP contribution in [0.2, 0.25) is 0 Å². The van der Waals surface area contributed by atoms with Crippen LogP contribution in [0.1, 0.15) is 5.56 Å². The maximum atomic E-state index is 12.3. The van der Waals surface area contributed by atoms with Gasteiger partial charge >= 0.3 is 5.63 Å². The van der Waals surface area contributed by atoms with E-state index in [9.17, 15) is 9.59 Å². The molecule has 2 heterocycles. The summed E-state index contributed by atoms with van der Waals surface area (Å²) in [5.74, 6) is -0.245. The van der Waals surface area contributed by atoms with Crippen LogP contribution in [0.15, 0.2) is 57.7 Å². The van der Waals surface area contributed by atoms with E-state index >= 15 is 0 Å². The van der Waals surface area contributed by atoms with Gasteiger partial charge in [0.15, 0.2) is 0 Å². The molecule has 7 nitrogen and oxygen atoms in total. The highest BCUT2D eigenvalue weighted by Gasteiger charge is 2.10. The van der Waals surface area contributed by atoms with Gasteiger partial charge in [-0.25, -0.2) is 9.48 Å². The van der Waals surface area contributed by atoms with Gasteiger partial charge in [0.05, 0.1) is 5.52 Å². The number of amides is 1. The lowest BCUT2D eigenvalue weighted by molar-refractivity contribution is -0.116. The predicted octanol–water partition coefficient (Wildman–Crippen LogP) is 2.48. The molecule has 0 fully saturated rings. The Morgan fingerprint density at radius 3 is 2.92 bits per heavy atom. The van der Waals surface area contributed by atoms with Crippen molar-refractivity contribution < 1.29 is 9.21 Å². The van der Waals surface area contributed by atoms with Crippen LogP contribution in [0.5, 0.6) is 0 Å². The summed E-state index contributed by atoms with van der Waals surface area (Å²) in [7, 11) is 0. The molecule has 2 aromatic heterocycles. The third kappa shape index (κ3) is 2.87. The first kappa shape index (κ1) is 15.1. The summed E-state index contributed by atoms with van der Waals surface area (Å²) in [4.78, 5) is 23.8. The van der Waals surface area contributed by atoms with Crippen molar-refractivity contribution in [3.63, 3.8) is 0 Å². The molecule has 0 unspecified atom stereocenters. The molecule has 0 atom stereocenters. The Bertz CT molecular complexity index is 1160. The van der Waals surface area contributed by atoms with E-state index in [0.717, 1.165) is 22.0 Å². The van der Waals surface area contributed by atoms with Crippen molar-refractivity contribution in [1.82, 2.24) is 15.0 Å². The summed E-state index contributed by atoms with van der Waals surface area (Å²) >= 11 is 0. The van der Waals surface area contributed by atoms with Gasteiger partial charge in [-0.2, -0.15) is 0 Å². The number of carbonyl (C=O) groups is 1. The second-order valence-electron chi connectivity index (χ2n) is 5.74. The van der Waals surface area contributed by atoms with Gasteiger partial charge in [0.2, 0.25) is 5.91 Å². The minimum absolute atomic E-state index is 0.0380. The Morgan fingerprint density at radius 2 is 2.04 bits per heavy atom. The van der Waals surface area contributed by atoms with Crippen molar-refractivity contribution in [2.45, 2.75) is 13.5 Å². The average Bonchev–Trinajstić information content (AvgIpc) is 2.97. The van der Waals surface area contributed by atoms with Gasteiger partial charge in [0, 0.05) is 23.2 Å². The van der Waals surface area contributed by atoms with Crippen molar-refractivity contribution in [1.29, 1.82) is 0 Å². The molecule has 124 valence electrons. The van der Waals surface area contributed by atoms with Crippen LogP contribution in [0.25, 0.3) is 22.0 Å². The lowest BCUT2D eigenvalue weighted by Crippen LogP contribution is -2.19. The number of nitrogens with zero attached hydrogens (tertiary/aromatic N) is 3. The maximum absolute atomic E-state index is 12.3. The van der Waals surface area contributed by atoms with E-state index in [-0.39, 0.29) is 12.5 Å². The van der Waals surface area contributed by atoms with Crippen molar-refractivity contribution in [3.8, 4) is 0 Å². The highest BCUT2D eigenvalue weighted by molar-refractivity contribution is 5.94. The fourth-order valence-corrected chi connectivity index (χ4v) is 2.77. The number of anilines is 1. The third-order valence-corrected chi connectivity index (χ3v) is 3.95. The van der Waals surface area contributed by atoms with Gasteiger partial charge in [-0.15, -0.1) is 5.10 Å². The molecule has 2 aromatic carbocycles. The molecule has 0 radical (unpaired) electrons. The summed E-state index contributed by atoms with van der Waals surface area (Å²) < 4.78 is 6.73. The Balaban J connectivity index is 1.58. The van der Waals surface area contributed by atoms with Crippen LogP contribution < -0.4 is 10.9 Å². The molecular weight excluding hydrogens is 320 g/mol. The van der Waals surface area contributed by atoms with Crippen LogP contribution in [-0.2, 0) is 11.3 Å². The molecule has 0 aliphatic heterocycles. The molecule has 1 amide bonds. The van der Waals surface area contributed by atoms with Crippen LogP contribution in [0.4, 0.5) is 5.69 Å². The zero-order valence-electron chi connectivity index (χ0n) is 13.4. The molecule has 7 heteroatoms. The predicted molar refractivity (Wildman–Crippen MR) is 93.4 cm³/mol. The van der Waals surface area contributed by atoms with Gasteiger partial charge in [0.1, 0.15) is 17.6 Å². The number of aryl methyl sites for hydroxylation is 1. The number of hydrogen-bond acceptors (Lipinski definition) is 5. The minimum Gasteiger partial charge on any atom is -0.423 e. The number of aromatic nitrogens is 3. The van der Waals surface area contributed by atoms with Crippen LogP contribution >= 0.6 is 0 Å². The minimum atomic E-state index is -0.414. The summed E-state index contributed by atoms with van der Waals surface area (Å²) in [5.41, 5.74) is 2.93. The lowest BCUT2D eigenvalue weighted by Gasteiger charge is -2.07. The molecule has 0 saturated carbocycles. The van der Waals surface area contributed by atoms with E-state index in [1.54, 1.807) is 12.1 Å². The molecule has 0 aliphatic carbocycles. The summed E-state index contributed by atoms with van der Waals surface area (Å²) in [6.07, 6.45) is 0. The van der Waals surface area contributed by atoms with Crippen molar-refractivity contribution in [2.75, 3.05) is 5.32 Å². The Labute approximate surface area is 141 Å². The molecule has 4 aromatic rings. The zero-order chi connectivity index (χ0) is 17.4. The van der Waals surface area contributed by atoms with E-state index < -0.39 is 5.63 Å². The van der Waals surface area contributed by atoms with Crippen molar-refractivity contribution in [3.05, 3.63) is 64.5 Å². The molecular formula is C18H14N4O3. The first-order valence-corrected chi connectivity index (χ1v) is 7.73. The highest BCUT2D eigenvalue weighted by Crippen LogP contribution is 2.20. The second kappa shape index (κ2) is 5.86. The fraction of sp³-hybridized carbons (Fsp3) is 0.111. The molecule has 25 heavy (non-hydrogen) atoms. The van der Waals surface area contributed by atoms with E-state index in [1.165, 1.54) is 10.7 Å². The summed E-state index contributed by atoms with van der Waals surface area (Å²) in [6.45, 7) is 1.88. The first-order valence-electron chi connectivity index (χ1n) is 7.73. The third-order valence-electron chi connectivity index (χ3n) is 3.95. The summed E-state index contributed by atoms with van der Waals surface area (Å²) in [5, 5.41) is 11.6. The smallest absolute Gasteiger partial charge is 0.336 e. The van der Waals surface area contributed by atoms with Gasteiger partial charge in [-0.05, 0) is 36.8 Å². The van der Waals surface area contributed by atoms with Gasteiger partial charge in [-0.1, -0.05) is 17.3 Å². The van der Waals surface area contributed by atoms with E-state index in [4.69, 9.17) is 4.42 Å². The Morgan fingerprint density at radius 1 is 1.20 bits per heavy atom. The Kier molecular flexibility index (Phi) is 3.53. The highest BCUT2D eigenvalue weighted by atomic mass is 16.4. The molecule has 0 spiro atoms. The number of nitrogens with one attached hydrogen (secondary N) is 1. The number of benzene rings is 2. The first-order chi connectivity index (χ1) is 12.1. The van der Waals surface area contributed by atoms with E-state index in [1.807, 2.05) is 37.3 Å². The SMILES string of the molecule is Cc1cc(=O)oc2cc(NC(=O)Cn3nnc4ccccc43)ccc12. The average molecular weight is 334 g/mol. The molecule has 0 aliphatic rings. The molecule has 0 saturated heterocycles.